The Morgan fingerprint density at radius 1 is 0.582 bits per heavy atom. The molecule has 0 radical (unpaired) electrons. The number of esters is 2. The molecule has 0 spiro atoms. The SMILES string of the molecule is CC/C=C\C/C=C\C/C=C\C/C=C\CCCCCCC(=O)OC(COC(=O)CCCCCCCCCCCCCCCC)COP(=O)(O)OCC(N)C(=O)O. The summed E-state index contributed by atoms with van der Waals surface area (Å²) in [5.41, 5.74) is 5.33. The second-order valence-electron chi connectivity index (χ2n) is 14.1. The molecule has 0 fully saturated rings. The highest BCUT2D eigenvalue weighted by Crippen LogP contribution is 2.43. The van der Waals surface area contributed by atoms with Crippen molar-refractivity contribution < 1.29 is 47.5 Å². The first-order chi connectivity index (χ1) is 26.6. The summed E-state index contributed by atoms with van der Waals surface area (Å²) in [5.74, 6) is -2.41. The molecule has 0 bridgehead atoms. The lowest BCUT2D eigenvalue weighted by Crippen LogP contribution is -2.34. The third-order valence-corrected chi connectivity index (χ3v) is 9.79. The number of allylic oxidation sites excluding steroid dienone is 8. The fourth-order valence-electron chi connectivity index (χ4n) is 5.53. The zero-order chi connectivity index (χ0) is 40.7. The minimum atomic E-state index is -4.72. The highest BCUT2D eigenvalue weighted by Gasteiger charge is 2.28. The zero-order valence-corrected chi connectivity index (χ0v) is 35.2. The Balaban J connectivity index is 4.43. The predicted molar refractivity (Wildman–Crippen MR) is 222 cm³/mol. The molecular weight excluding hydrogens is 721 g/mol. The summed E-state index contributed by atoms with van der Waals surface area (Å²) in [6.07, 6.45) is 41.7. The van der Waals surface area contributed by atoms with Gasteiger partial charge in [-0.15, -0.1) is 0 Å². The summed E-state index contributed by atoms with van der Waals surface area (Å²) in [6, 6.07) is -1.53. The summed E-state index contributed by atoms with van der Waals surface area (Å²) in [7, 11) is -4.72. The average Bonchev–Trinajstić information content (AvgIpc) is 3.16. The van der Waals surface area contributed by atoms with Gasteiger partial charge in [0.1, 0.15) is 12.6 Å². The summed E-state index contributed by atoms with van der Waals surface area (Å²) < 4.78 is 32.6. The number of unbranched alkanes of at least 4 members (excludes halogenated alkanes) is 17. The minimum Gasteiger partial charge on any atom is -0.480 e. The number of carbonyl (C=O) groups excluding carboxylic acids is 2. The van der Waals surface area contributed by atoms with Crippen LogP contribution in [0.15, 0.2) is 48.6 Å². The molecule has 0 aliphatic carbocycles. The number of carboxylic acid groups (broad SMARTS) is 1. The van der Waals surface area contributed by atoms with Crippen LogP contribution in [-0.2, 0) is 37.5 Å². The number of aliphatic carboxylic acids is 1. The summed E-state index contributed by atoms with van der Waals surface area (Å²) >= 11 is 0. The largest absolute Gasteiger partial charge is 0.480 e. The molecule has 0 aromatic carbocycles. The fraction of sp³-hybridized carbons (Fsp3) is 0.744. The molecule has 0 aliphatic rings. The van der Waals surface area contributed by atoms with Crippen LogP contribution in [0.25, 0.3) is 0 Å². The highest BCUT2D eigenvalue weighted by atomic mass is 31.2. The number of phosphoric ester groups is 1. The van der Waals surface area contributed by atoms with E-state index in [1.807, 2.05) is 0 Å². The molecule has 0 aromatic rings. The van der Waals surface area contributed by atoms with Gasteiger partial charge in [0.2, 0.25) is 0 Å². The maximum atomic E-state index is 12.6. The van der Waals surface area contributed by atoms with E-state index in [4.69, 9.17) is 24.8 Å². The van der Waals surface area contributed by atoms with E-state index in [0.717, 1.165) is 70.6 Å². The van der Waals surface area contributed by atoms with Crippen LogP contribution in [0.5, 0.6) is 0 Å². The third-order valence-electron chi connectivity index (χ3n) is 8.84. The molecule has 0 aliphatic heterocycles. The van der Waals surface area contributed by atoms with Crippen LogP contribution in [0, 0.1) is 0 Å². The number of ether oxygens (including phenoxy) is 2. The van der Waals surface area contributed by atoms with E-state index in [2.05, 4.69) is 67.0 Å². The molecule has 3 atom stereocenters. The van der Waals surface area contributed by atoms with Crippen LogP contribution in [0.2, 0.25) is 0 Å². The van der Waals surface area contributed by atoms with E-state index >= 15 is 0 Å². The molecule has 0 aromatic heterocycles. The normalized spacial score (nSPS) is 14.3. The van der Waals surface area contributed by atoms with Gasteiger partial charge in [0.15, 0.2) is 6.10 Å². The molecule has 0 saturated carbocycles. The maximum Gasteiger partial charge on any atom is 0.472 e. The number of rotatable bonds is 39. The smallest absolute Gasteiger partial charge is 0.472 e. The molecule has 0 amide bonds. The topological polar surface area (TPSA) is 172 Å². The molecule has 3 unspecified atom stereocenters. The molecule has 0 heterocycles. The van der Waals surface area contributed by atoms with Gasteiger partial charge in [0.25, 0.3) is 0 Å². The van der Waals surface area contributed by atoms with Crippen LogP contribution >= 0.6 is 7.82 Å². The van der Waals surface area contributed by atoms with Crippen molar-refractivity contribution in [2.45, 2.75) is 187 Å². The van der Waals surface area contributed by atoms with Crippen molar-refractivity contribution in [2.75, 3.05) is 19.8 Å². The van der Waals surface area contributed by atoms with Crippen molar-refractivity contribution in [1.82, 2.24) is 0 Å². The van der Waals surface area contributed by atoms with Gasteiger partial charge in [-0.3, -0.25) is 23.4 Å². The Kier molecular flexibility index (Phi) is 36.5. The monoisotopic (exact) mass is 798 g/mol. The van der Waals surface area contributed by atoms with Gasteiger partial charge in [0, 0.05) is 12.8 Å². The Bertz CT molecular complexity index is 1120. The maximum absolute atomic E-state index is 12.6. The van der Waals surface area contributed by atoms with Crippen LogP contribution in [0.3, 0.4) is 0 Å². The molecule has 318 valence electrons. The van der Waals surface area contributed by atoms with Crippen molar-refractivity contribution in [3.8, 4) is 0 Å². The van der Waals surface area contributed by atoms with Crippen LogP contribution in [0.4, 0.5) is 0 Å². The Labute approximate surface area is 333 Å². The number of carboxylic acids is 1. The second kappa shape index (κ2) is 38.3. The van der Waals surface area contributed by atoms with E-state index in [1.165, 1.54) is 64.2 Å². The van der Waals surface area contributed by atoms with Gasteiger partial charge in [0.05, 0.1) is 13.2 Å². The predicted octanol–water partition coefficient (Wildman–Crippen LogP) is 11.0. The van der Waals surface area contributed by atoms with Gasteiger partial charge in [-0.1, -0.05) is 159 Å². The second-order valence-corrected chi connectivity index (χ2v) is 15.6. The first-order valence-electron chi connectivity index (χ1n) is 21.2. The van der Waals surface area contributed by atoms with Crippen LogP contribution in [-0.4, -0.2) is 59.9 Å². The van der Waals surface area contributed by atoms with Crippen LogP contribution < -0.4 is 5.73 Å². The minimum absolute atomic E-state index is 0.133. The molecule has 0 saturated heterocycles. The van der Waals surface area contributed by atoms with Gasteiger partial charge in [-0.05, 0) is 51.4 Å². The lowest BCUT2D eigenvalue weighted by molar-refractivity contribution is -0.161. The number of hydrogen-bond acceptors (Lipinski definition) is 9. The Morgan fingerprint density at radius 2 is 1.02 bits per heavy atom. The zero-order valence-electron chi connectivity index (χ0n) is 34.3. The Hall–Kier alpha value is -2.56. The highest BCUT2D eigenvalue weighted by molar-refractivity contribution is 7.47. The van der Waals surface area contributed by atoms with E-state index in [0.29, 0.717) is 12.8 Å². The van der Waals surface area contributed by atoms with Gasteiger partial charge in [-0.2, -0.15) is 0 Å². The van der Waals surface area contributed by atoms with Gasteiger partial charge >= 0.3 is 25.7 Å². The standard InChI is InChI=1S/C43H76NO10P/c1-3-5-7-9-11-13-15-17-19-20-21-23-25-27-29-31-33-35-42(46)54-39(37-52-55(49,50)53-38-40(44)43(47)48)36-51-41(45)34-32-30-28-26-24-22-18-16-14-12-10-8-6-4-2/h5,7,11,13,17,19,21,23,39-40H,3-4,6,8-10,12,14-16,18,20,22,24-38,44H2,1-2H3,(H,47,48)(H,49,50)/b7-5-,13-11-,19-17-,23-21-. The van der Waals surface area contributed by atoms with E-state index in [9.17, 15) is 23.8 Å². The first-order valence-corrected chi connectivity index (χ1v) is 22.7. The lowest BCUT2D eigenvalue weighted by Gasteiger charge is -2.20. The van der Waals surface area contributed by atoms with Gasteiger partial charge < -0.3 is 25.2 Å². The summed E-state index contributed by atoms with van der Waals surface area (Å²) in [5, 5.41) is 8.88. The van der Waals surface area contributed by atoms with Gasteiger partial charge in [-0.25, -0.2) is 4.57 Å². The van der Waals surface area contributed by atoms with Crippen molar-refractivity contribution >= 4 is 25.7 Å². The first kappa shape index (κ1) is 52.4. The number of nitrogens with two attached hydrogens (primary N) is 1. The molecular formula is C43H76NO10P. The quantitative estimate of drug-likeness (QED) is 0.0234. The molecule has 55 heavy (non-hydrogen) atoms. The van der Waals surface area contributed by atoms with E-state index in [-0.39, 0.29) is 19.4 Å². The Morgan fingerprint density at radius 3 is 1.53 bits per heavy atom. The van der Waals surface area contributed by atoms with Crippen LogP contribution in [0.1, 0.15) is 174 Å². The summed E-state index contributed by atoms with van der Waals surface area (Å²) in [6.45, 7) is 2.66. The molecule has 0 rings (SSSR count). The number of hydrogen-bond donors (Lipinski definition) is 3. The molecule has 11 nitrogen and oxygen atoms in total. The summed E-state index contributed by atoms with van der Waals surface area (Å²) in [4.78, 5) is 45.9. The lowest BCUT2D eigenvalue weighted by atomic mass is 10.0. The third kappa shape index (κ3) is 38.1. The van der Waals surface area contributed by atoms with Crippen molar-refractivity contribution in [3.05, 3.63) is 48.6 Å². The average molecular weight is 798 g/mol. The number of carbonyl (C=O) groups is 3. The van der Waals surface area contributed by atoms with E-state index in [1.54, 1.807) is 0 Å². The molecule has 4 N–H and O–H groups in total. The van der Waals surface area contributed by atoms with Crippen molar-refractivity contribution in [2.24, 2.45) is 5.73 Å². The fourth-order valence-corrected chi connectivity index (χ4v) is 6.30. The number of phosphoric acid groups is 1. The molecule has 12 heteroatoms. The van der Waals surface area contributed by atoms with Crippen molar-refractivity contribution in [3.63, 3.8) is 0 Å². The van der Waals surface area contributed by atoms with Crippen molar-refractivity contribution in [1.29, 1.82) is 0 Å². The van der Waals surface area contributed by atoms with E-state index < -0.39 is 51.1 Å².